The number of pyridine rings is 3. The van der Waals surface area contributed by atoms with Crippen LogP contribution in [0.25, 0.3) is 44.6 Å². The van der Waals surface area contributed by atoms with Gasteiger partial charge < -0.3 is 14.8 Å². The summed E-state index contributed by atoms with van der Waals surface area (Å²) in [6.45, 7) is 6.24. The molecular weight excluding hydrogens is 400 g/mol. The van der Waals surface area contributed by atoms with E-state index < -0.39 is 0 Å². The Morgan fingerprint density at radius 2 is 1.81 bits per heavy atom. The molecule has 1 aliphatic rings. The number of aromatic nitrogens is 6. The molecule has 0 atom stereocenters. The van der Waals surface area contributed by atoms with Gasteiger partial charge in [-0.3, -0.25) is 10.1 Å². The first-order valence-electron chi connectivity index (χ1n) is 10.8. The summed E-state index contributed by atoms with van der Waals surface area (Å²) in [7, 11) is 2.17. The Bertz CT molecular complexity index is 1420. The summed E-state index contributed by atoms with van der Waals surface area (Å²) in [5, 5.41) is 9.71. The predicted octanol–water partition coefficient (Wildman–Crippen LogP) is 3.62. The molecule has 32 heavy (non-hydrogen) atoms. The molecule has 0 unspecified atom stereocenters. The molecule has 1 fully saturated rings. The van der Waals surface area contributed by atoms with Crippen LogP contribution in [0.15, 0.2) is 49.1 Å². The molecule has 8 nitrogen and oxygen atoms in total. The van der Waals surface area contributed by atoms with Crippen LogP contribution in [0.1, 0.15) is 5.56 Å². The minimum Gasteiger partial charge on any atom is -0.368 e. The SMILES string of the molecule is Cc1ccncc1-c1cnc2n[nH]c(-c3cc4c(N5CCN(C)CC5)ccnc4[nH]3)c2c1. The van der Waals surface area contributed by atoms with Gasteiger partial charge >= 0.3 is 0 Å². The molecule has 0 aliphatic carbocycles. The zero-order valence-electron chi connectivity index (χ0n) is 18.1. The third-order valence-corrected chi connectivity index (χ3v) is 6.38. The van der Waals surface area contributed by atoms with Gasteiger partial charge in [-0.25, -0.2) is 9.97 Å². The lowest BCUT2D eigenvalue weighted by Gasteiger charge is -2.34. The van der Waals surface area contributed by atoms with Crippen molar-refractivity contribution in [3.05, 3.63) is 54.6 Å². The van der Waals surface area contributed by atoms with E-state index in [1.54, 1.807) is 0 Å². The van der Waals surface area contributed by atoms with Gasteiger partial charge in [0.25, 0.3) is 0 Å². The maximum absolute atomic E-state index is 4.59. The zero-order valence-corrected chi connectivity index (χ0v) is 18.1. The van der Waals surface area contributed by atoms with Crippen molar-refractivity contribution in [2.24, 2.45) is 0 Å². The largest absolute Gasteiger partial charge is 0.368 e. The van der Waals surface area contributed by atoms with Gasteiger partial charge in [0.2, 0.25) is 0 Å². The minimum atomic E-state index is 0.691. The number of piperazine rings is 1. The number of H-pyrrole nitrogens is 2. The van der Waals surface area contributed by atoms with Crippen molar-refractivity contribution in [1.29, 1.82) is 0 Å². The maximum Gasteiger partial charge on any atom is 0.181 e. The zero-order chi connectivity index (χ0) is 21.7. The smallest absolute Gasteiger partial charge is 0.181 e. The van der Waals surface area contributed by atoms with Crippen LogP contribution in [-0.4, -0.2) is 68.3 Å². The summed E-state index contributed by atoms with van der Waals surface area (Å²) in [4.78, 5) is 21.8. The van der Waals surface area contributed by atoms with Gasteiger partial charge in [0.1, 0.15) is 5.65 Å². The fraction of sp³-hybridized carbons (Fsp3) is 0.250. The molecule has 0 aromatic carbocycles. The van der Waals surface area contributed by atoms with Crippen LogP contribution in [0.4, 0.5) is 5.69 Å². The van der Waals surface area contributed by atoms with E-state index in [1.807, 2.05) is 30.9 Å². The fourth-order valence-corrected chi connectivity index (χ4v) is 4.49. The molecule has 0 spiro atoms. The molecule has 0 amide bonds. The Hall–Kier alpha value is -3.78. The average molecular weight is 425 g/mol. The van der Waals surface area contributed by atoms with E-state index in [-0.39, 0.29) is 0 Å². The number of aryl methyl sites for hydroxylation is 1. The highest BCUT2D eigenvalue weighted by atomic mass is 15.2. The van der Waals surface area contributed by atoms with E-state index in [4.69, 9.17) is 0 Å². The van der Waals surface area contributed by atoms with Gasteiger partial charge in [0.05, 0.1) is 11.4 Å². The van der Waals surface area contributed by atoms with Crippen molar-refractivity contribution in [1.82, 2.24) is 35.0 Å². The highest BCUT2D eigenvalue weighted by Crippen LogP contribution is 2.34. The predicted molar refractivity (Wildman–Crippen MR) is 127 cm³/mol. The number of likely N-dealkylation sites (N-methyl/N-ethyl adjacent to an activating group) is 1. The quantitative estimate of drug-likeness (QED) is 0.460. The summed E-state index contributed by atoms with van der Waals surface area (Å²) in [5.74, 6) is 0. The van der Waals surface area contributed by atoms with E-state index in [2.05, 4.69) is 72.1 Å². The first-order chi connectivity index (χ1) is 15.7. The Labute approximate surface area is 185 Å². The van der Waals surface area contributed by atoms with Crippen molar-refractivity contribution in [3.63, 3.8) is 0 Å². The first kappa shape index (κ1) is 18.9. The van der Waals surface area contributed by atoms with Crippen LogP contribution in [0, 0.1) is 6.92 Å². The second-order valence-electron chi connectivity index (χ2n) is 8.45. The van der Waals surface area contributed by atoms with E-state index in [1.165, 1.54) is 5.69 Å². The number of fused-ring (bicyclic) bond motifs is 2. The molecule has 1 aliphatic heterocycles. The van der Waals surface area contributed by atoms with Crippen LogP contribution >= 0.6 is 0 Å². The number of nitrogens with zero attached hydrogens (tertiary/aromatic N) is 6. The van der Waals surface area contributed by atoms with Gasteiger partial charge in [0.15, 0.2) is 5.65 Å². The molecule has 8 heteroatoms. The third-order valence-electron chi connectivity index (χ3n) is 6.38. The monoisotopic (exact) mass is 424 g/mol. The summed E-state index contributed by atoms with van der Waals surface area (Å²) in [6, 6.07) is 8.43. The minimum absolute atomic E-state index is 0.691. The van der Waals surface area contributed by atoms with Gasteiger partial charge in [-0.1, -0.05) is 0 Å². The highest BCUT2D eigenvalue weighted by Gasteiger charge is 2.19. The normalized spacial score (nSPS) is 15.1. The Morgan fingerprint density at radius 3 is 2.66 bits per heavy atom. The van der Waals surface area contributed by atoms with Crippen LogP contribution in [-0.2, 0) is 0 Å². The van der Waals surface area contributed by atoms with Crippen LogP contribution in [0.3, 0.4) is 0 Å². The van der Waals surface area contributed by atoms with Crippen molar-refractivity contribution in [3.8, 4) is 22.5 Å². The molecular formula is C24H24N8. The maximum atomic E-state index is 4.59. The van der Waals surface area contributed by atoms with E-state index >= 15 is 0 Å². The van der Waals surface area contributed by atoms with Crippen molar-refractivity contribution in [2.45, 2.75) is 6.92 Å². The Morgan fingerprint density at radius 1 is 0.938 bits per heavy atom. The Kier molecular flexibility index (Phi) is 4.39. The summed E-state index contributed by atoms with van der Waals surface area (Å²) in [6.07, 6.45) is 7.43. The molecule has 5 aromatic rings. The topological polar surface area (TPSA) is 89.6 Å². The van der Waals surface area contributed by atoms with Gasteiger partial charge in [-0.15, -0.1) is 0 Å². The standard InChI is InChI=1S/C24H24N8/c1-15-3-5-25-14-19(15)16-11-18-22(29-30-24(18)27-13-16)20-12-17-21(4-6-26-23(17)28-20)32-9-7-31(2)8-10-32/h3-6,11-14H,7-10H2,1-2H3,(H,26,28)(H,27,29,30). The van der Waals surface area contributed by atoms with Gasteiger partial charge in [-0.05, 0) is 43.8 Å². The highest BCUT2D eigenvalue weighted by molar-refractivity contribution is 5.98. The number of aromatic amines is 2. The number of nitrogens with one attached hydrogen (secondary N) is 2. The van der Waals surface area contributed by atoms with Crippen LogP contribution in [0.2, 0.25) is 0 Å². The summed E-state index contributed by atoms with van der Waals surface area (Å²) >= 11 is 0. The second-order valence-corrected chi connectivity index (χ2v) is 8.45. The number of anilines is 1. The first-order valence-corrected chi connectivity index (χ1v) is 10.8. The lowest BCUT2D eigenvalue weighted by molar-refractivity contribution is 0.313. The van der Waals surface area contributed by atoms with Crippen molar-refractivity contribution < 1.29 is 0 Å². The van der Waals surface area contributed by atoms with Gasteiger partial charge in [-0.2, -0.15) is 5.10 Å². The average Bonchev–Trinajstić information content (AvgIpc) is 3.43. The van der Waals surface area contributed by atoms with Crippen LogP contribution < -0.4 is 4.90 Å². The molecule has 0 bridgehead atoms. The molecule has 0 radical (unpaired) electrons. The molecule has 6 rings (SSSR count). The molecule has 0 saturated carbocycles. The molecule has 5 aromatic heterocycles. The number of hydrogen-bond acceptors (Lipinski definition) is 6. The van der Waals surface area contributed by atoms with Crippen LogP contribution in [0.5, 0.6) is 0 Å². The summed E-state index contributed by atoms with van der Waals surface area (Å²) in [5.41, 5.74) is 7.93. The van der Waals surface area contributed by atoms with Gasteiger partial charge in [0, 0.05) is 78.6 Å². The lowest BCUT2D eigenvalue weighted by atomic mass is 10.0. The lowest BCUT2D eigenvalue weighted by Crippen LogP contribution is -2.44. The van der Waals surface area contributed by atoms with E-state index in [0.29, 0.717) is 5.65 Å². The molecule has 1 saturated heterocycles. The van der Waals surface area contributed by atoms with Crippen molar-refractivity contribution in [2.75, 3.05) is 38.1 Å². The number of hydrogen-bond donors (Lipinski definition) is 2. The fourth-order valence-electron chi connectivity index (χ4n) is 4.49. The van der Waals surface area contributed by atoms with Crippen molar-refractivity contribution >= 4 is 27.8 Å². The van der Waals surface area contributed by atoms with E-state index in [0.717, 1.165) is 70.7 Å². The second kappa shape index (κ2) is 7.42. The summed E-state index contributed by atoms with van der Waals surface area (Å²) < 4.78 is 0. The third kappa shape index (κ3) is 3.11. The molecule has 2 N–H and O–H groups in total. The molecule has 6 heterocycles. The number of rotatable bonds is 3. The molecule has 160 valence electrons. The van der Waals surface area contributed by atoms with E-state index in [9.17, 15) is 0 Å². The Balaban J connectivity index is 1.45.